The van der Waals surface area contributed by atoms with Crippen molar-refractivity contribution in [3.63, 3.8) is 0 Å². The first-order valence-corrected chi connectivity index (χ1v) is 17.0. The van der Waals surface area contributed by atoms with Crippen LogP contribution in [0.4, 0.5) is 13.2 Å². The van der Waals surface area contributed by atoms with E-state index in [0.717, 1.165) is 36.6 Å². The number of ether oxygens (including phenoxy) is 1. The van der Waals surface area contributed by atoms with Crippen LogP contribution in [0.25, 0.3) is 22.3 Å². The van der Waals surface area contributed by atoms with E-state index in [2.05, 4.69) is 48.5 Å². The Morgan fingerprint density at radius 1 is 0.911 bits per heavy atom. The van der Waals surface area contributed by atoms with Gasteiger partial charge in [-0.1, -0.05) is 87.3 Å². The van der Waals surface area contributed by atoms with Crippen molar-refractivity contribution in [1.29, 1.82) is 0 Å². The number of alkyl halides is 3. The van der Waals surface area contributed by atoms with Crippen molar-refractivity contribution < 1.29 is 27.1 Å². The Morgan fingerprint density at radius 2 is 1.58 bits per heavy atom. The van der Waals surface area contributed by atoms with Crippen molar-refractivity contribution in [1.82, 2.24) is 0 Å². The molecule has 0 amide bonds. The molecule has 3 nitrogen and oxygen atoms in total. The first-order valence-electron chi connectivity index (χ1n) is 16.2. The third-order valence-corrected chi connectivity index (χ3v) is 9.90. The highest BCUT2D eigenvalue weighted by atomic mass is 32.2. The molecule has 2 aromatic carbocycles. The van der Waals surface area contributed by atoms with E-state index in [0.29, 0.717) is 23.3 Å². The molecule has 1 aromatic heterocycles. The highest BCUT2D eigenvalue weighted by molar-refractivity contribution is 8.00. The molecule has 0 radical (unpaired) electrons. The first-order chi connectivity index (χ1) is 20.5. The fraction of sp³-hybridized carbons (Fsp3) is 0.605. The maximum Gasteiger partial charge on any atom is 0.417 e. The van der Waals surface area contributed by atoms with Crippen LogP contribution in [-0.2, 0) is 22.1 Å². The van der Waals surface area contributed by atoms with Crippen LogP contribution in [0.2, 0.25) is 0 Å². The molecule has 3 aromatic rings. The molecule has 0 N–H and O–H groups in total. The number of carbonyl (C=O) groups is 1. The number of halogens is 3. The van der Waals surface area contributed by atoms with Gasteiger partial charge in [0, 0.05) is 20.6 Å². The number of thioether (sulfide) groups is 1. The van der Waals surface area contributed by atoms with Gasteiger partial charge in [-0.25, -0.2) is 0 Å². The number of esters is 1. The molecule has 250 valence electrons. The zero-order valence-electron chi connectivity index (χ0n) is 29.1. The van der Waals surface area contributed by atoms with Gasteiger partial charge in [0.1, 0.15) is 17.4 Å². The predicted molar refractivity (Wildman–Crippen MR) is 182 cm³/mol. The molecule has 2 unspecified atom stereocenters. The SMILES string of the molecule is CCCCCc1ccc2cc(-c3ccc(SC(C)(C)CC(C)OC(=O)C(C)(CC(C)(C)C)C(C)(C)C)cc3C(F)(F)F)oc2c1. The molecule has 0 saturated carbocycles. The molecular weight excluding hydrogens is 593 g/mol. The number of carbonyl (C=O) groups excluding carboxylic acids is 1. The molecule has 3 rings (SSSR count). The zero-order valence-corrected chi connectivity index (χ0v) is 29.9. The lowest BCUT2D eigenvalue weighted by atomic mass is 9.61. The monoisotopic (exact) mass is 646 g/mol. The number of unbranched alkanes of at least 4 members (excludes halogenated alkanes) is 2. The highest BCUT2D eigenvalue weighted by Crippen LogP contribution is 2.48. The van der Waals surface area contributed by atoms with Crippen LogP contribution in [0.3, 0.4) is 0 Å². The minimum absolute atomic E-state index is 0.0241. The highest BCUT2D eigenvalue weighted by Gasteiger charge is 2.48. The van der Waals surface area contributed by atoms with Gasteiger partial charge in [-0.3, -0.25) is 4.79 Å². The third kappa shape index (κ3) is 9.79. The van der Waals surface area contributed by atoms with Crippen molar-refractivity contribution >= 4 is 28.7 Å². The molecule has 45 heavy (non-hydrogen) atoms. The Kier molecular flexibility index (Phi) is 11.3. The van der Waals surface area contributed by atoms with Crippen molar-refractivity contribution in [3.05, 3.63) is 53.6 Å². The van der Waals surface area contributed by atoms with Crippen LogP contribution >= 0.6 is 11.8 Å². The van der Waals surface area contributed by atoms with Crippen LogP contribution in [0.5, 0.6) is 0 Å². The van der Waals surface area contributed by atoms with Crippen molar-refractivity contribution in [2.24, 2.45) is 16.2 Å². The van der Waals surface area contributed by atoms with Crippen LogP contribution in [-0.4, -0.2) is 16.8 Å². The quantitative estimate of drug-likeness (QED) is 0.111. The van der Waals surface area contributed by atoms with E-state index >= 15 is 0 Å². The van der Waals surface area contributed by atoms with Gasteiger partial charge in [-0.05, 0) is 86.3 Å². The molecule has 0 fully saturated rings. The van der Waals surface area contributed by atoms with Crippen molar-refractivity contribution in [2.75, 3.05) is 0 Å². The predicted octanol–water partition coefficient (Wildman–Crippen LogP) is 12.5. The van der Waals surface area contributed by atoms with Gasteiger partial charge < -0.3 is 9.15 Å². The van der Waals surface area contributed by atoms with Gasteiger partial charge in [-0.2, -0.15) is 13.2 Å². The lowest BCUT2D eigenvalue weighted by Gasteiger charge is -2.44. The summed E-state index contributed by atoms with van der Waals surface area (Å²) < 4.78 is 54.8. The van der Waals surface area contributed by atoms with Crippen LogP contribution in [0.15, 0.2) is 51.8 Å². The molecule has 7 heteroatoms. The Morgan fingerprint density at radius 3 is 2.16 bits per heavy atom. The molecule has 0 bridgehead atoms. The Bertz CT molecular complexity index is 1460. The summed E-state index contributed by atoms with van der Waals surface area (Å²) in [6.45, 7) is 22.5. The summed E-state index contributed by atoms with van der Waals surface area (Å²) in [4.78, 5) is 14.0. The summed E-state index contributed by atoms with van der Waals surface area (Å²) in [6.07, 6.45) is 0.420. The van der Waals surface area contributed by atoms with Crippen molar-refractivity contribution in [2.45, 2.75) is 137 Å². The second-order valence-electron chi connectivity index (χ2n) is 15.7. The van der Waals surface area contributed by atoms with Crippen molar-refractivity contribution in [3.8, 4) is 11.3 Å². The first kappa shape index (κ1) is 37.1. The van der Waals surface area contributed by atoms with E-state index in [1.165, 1.54) is 23.9 Å². The van der Waals surface area contributed by atoms with Gasteiger partial charge in [0.25, 0.3) is 0 Å². The molecule has 0 aliphatic heterocycles. The molecule has 2 atom stereocenters. The number of benzene rings is 2. The summed E-state index contributed by atoms with van der Waals surface area (Å²) in [5, 5.41) is 0.783. The lowest BCUT2D eigenvalue weighted by Crippen LogP contribution is -2.45. The van der Waals surface area contributed by atoms with Gasteiger partial charge in [0.2, 0.25) is 0 Å². The molecule has 0 aliphatic rings. The van der Waals surface area contributed by atoms with E-state index in [-0.39, 0.29) is 28.1 Å². The minimum atomic E-state index is -4.56. The number of hydrogen-bond donors (Lipinski definition) is 0. The van der Waals surface area contributed by atoms with Gasteiger partial charge in [-0.15, -0.1) is 11.8 Å². The Balaban J connectivity index is 1.81. The van der Waals surface area contributed by atoms with Crippen LogP contribution in [0, 0.1) is 16.2 Å². The van der Waals surface area contributed by atoms with Gasteiger partial charge in [0.15, 0.2) is 0 Å². The van der Waals surface area contributed by atoms with Gasteiger partial charge in [0.05, 0.1) is 11.0 Å². The Hall–Kier alpha value is -2.41. The number of rotatable bonds is 12. The van der Waals surface area contributed by atoms with E-state index in [9.17, 15) is 18.0 Å². The second-order valence-corrected chi connectivity index (χ2v) is 17.5. The maximum atomic E-state index is 14.4. The number of aryl methyl sites for hydroxylation is 1. The average Bonchev–Trinajstić information content (AvgIpc) is 3.29. The summed E-state index contributed by atoms with van der Waals surface area (Å²) in [5.74, 6) is -0.0302. The average molecular weight is 647 g/mol. The van der Waals surface area contributed by atoms with E-state index in [1.807, 2.05) is 45.9 Å². The molecule has 0 spiro atoms. The molecule has 0 aliphatic carbocycles. The van der Waals surface area contributed by atoms with Crippen LogP contribution < -0.4 is 0 Å². The third-order valence-electron chi connectivity index (χ3n) is 8.69. The number of fused-ring (bicyclic) bond motifs is 1. The second kappa shape index (κ2) is 13.8. The van der Waals surface area contributed by atoms with E-state index < -0.39 is 28.0 Å². The van der Waals surface area contributed by atoms with E-state index in [1.54, 1.807) is 12.1 Å². The smallest absolute Gasteiger partial charge is 0.417 e. The summed E-state index contributed by atoms with van der Waals surface area (Å²) in [7, 11) is 0. The molecular formula is C38H53F3O3S. The summed E-state index contributed by atoms with van der Waals surface area (Å²) in [6, 6.07) is 12.0. The standard InChI is InChI=1S/C38H53F3O3S/c1-12-13-14-15-26-16-17-27-21-32(44-31(27)20-26)29-19-18-28(22-30(29)38(39,40)41)45-36(9,10)23-25(2)43-33(42)37(11,35(6,7)8)24-34(3,4)5/h16-22,25H,12-15,23-24H2,1-11H3. The fourth-order valence-corrected chi connectivity index (χ4v) is 7.36. The minimum Gasteiger partial charge on any atom is -0.462 e. The maximum absolute atomic E-state index is 14.4. The van der Waals surface area contributed by atoms with E-state index in [4.69, 9.17) is 9.15 Å². The molecule has 0 saturated heterocycles. The number of furan rings is 1. The fourth-order valence-electron chi connectivity index (χ4n) is 6.09. The number of hydrogen-bond acceptors (Lipinski definition) is 4. The topological polar surface area (TPSA) is 39.4 Å². The molecule has 1 heterocycles. The Labute approximate surface area is 273 Å². The summed E-state index contributed by atoms with van der Waals surface area (Å²) in [5.41, 5.74) is -0.0556. The summed E-state index contributed by atoms with van der Waals surface area (Å²) >= 11 is 1.35. The van der Waals surface area contributed by atoms with Crippen LogP contribution in [0.1, 0.15) is 119 Å². The normalized spacial score (nSPS) is 15.2. The largest absolute Gasteiger partial charge is 0.462 e. The van der Waals surface area contributed by atoms with Gasteiger partial charge >= 0.3 is 12.1 Å². The lowest BCUT2D eigenvalue weighted by molar-refractivity contribution is -0.170. The zero-order chi connectivity index (χ0) is 34.0.